The minimum Gasteiger partial charge on any atom is -0.350 e. The van der Waals surface area contributed by atoms with Crippen molar-refractivity contribution in [2.45, 2.75) is 31.8 Å². The van der Waals surface area contributed by atoms with E-state index < -0.39 is 0 Å². The zero-order valence-electron chi connectivity index (χ0n) is 17.0. The number of amides is 1. The molecule has 1 atom stereocenters. The molecule has 4 rings (SSSR count). The number of benzene rings is 2. The van der Waals surface area contributed by atoms with Crippen molar-refractivity contribution in [3.8, 4) is 11.3 Å². The molecule has 1 aromatic heterocycles. The third-order valence-corrected chi connectivity index (χ3v) is 5.71. The normalized spacial score (nSPS) is 16.9. The van der Waals surface area contributed by atoms with Gasteiger partial charge < -0.3 is 10.3 Å². The Morgan fingerprint density at radius 2 is 1.70 bits per heavy atom. The first-order valence-electron chi connectivity index (χ1n) is 10.6. The molecular formula is C25H27N3O2. The van der Waals surface area contributed by atoms with Crippen LogP contribution in [0, 0.1) is 0 Å². The quantitative estimate of drug-likeness (QED) is 0.660. The zero-order valence-corrected chi connectivity index (χ0v) is 17.0. The Hall–Kier alpha value is -3.18. The van der Waals surface area contributed by atoms with Gasteiger partial charge in [0, 0.05) is 24.8 Å². The monoisotopic (exact) mass is 401 g/mol. The Morgan fingerprint density at radius 3 is 2.43 bits per heavy atom. The van der Waals surface area contributed by atoms with E-state index in [0.29, 0.717) is 12.2 Å². The summed E-state index contributed by atoms with van der Waals surface area (Å²) in [5.74, 6) is -0.318. The molecule has 1 aliphatic heterocycles. The van der Waals surface area contributed by atoms with Gasteiger partial charge in [-0.05, 0) is 42.6 Å². The molecule has 1 aliphatic rings. The van der Waals surface area contributed by atoms with Crippen LogP contribution in [0.25, 0.3) is 11.3 Å². The molecule has 1 fully saturated rings. The van der Waals surface area contributed by atoms with Crippen molar-refractivity contribution in [3.63, 3.8) is 0 Å². The molecule has 0 bridgehead atoms. The number of aromatic nitrogens is 1. The van der Waals surface area contributed by atoms with Crippen molar-refractivity contribution in [3.05, 3.63) is 94.3 Å². The number of carbonyl (C=O) groups is 1. The number of H-pyrrole nitrogens is 1. The fourth-order valence-corrected chi connectivity index (χ4v) is 4.06. The van der Waals surface area contributed by atoms with Crippen molar-refractivity contribution in [2.75, 3.05) is 13.1 Å². The van der Waals surface area contributed by atoms with Gasteiger partial charge in [0.25, 0.3) is 11.5 Å². The molecule has 154 valence electrons. The highest BCUT2D eigenvalue weighted by atomic mass is 16.2. The summed E-state index contributed by atoms with van der Waals surface area (Å²) in [5.41, 5.74) is 2.70. The van der Waals surface area contributed by atoms with E-state index in [4.69, 9.17) is 0 Å². The second-order valence-corrected chi connectivity index (χ2v) is 7.80. The number of hydrogen-bond donors (Lipinski definition) is 2. The average molecular weight is 402 g/mol. The van der Waals surface area contributed by atoms with Crippen LogP contribution in [-0.2, 0) is 6.54 Å². The summed E-state index contributed by atoms with van der Waals surface area (Å²) in [6, 6.07) is 23.7. The van der Waals surface area contributed by atoms with Crippen molar-refractivity contribution in [2.24, 2.45) is 0 Å². The number of rotatable bonds is 6. The number of nitrogens with one attached hydrogen (secondary N) is 2. The third-order valence-electron chi connectivity index (χ3n) is 5.71. The topological polar surface area (TPSA) is 65.2 Å². The molecule has 0 aliphatic carbocycles. The van der Waals surface area contributed by atoms with Crippen molar-refractivity contribution < 1.29 is 4.79 Å². The lowest BCUT2D eigenvalue weighted by atomic mass is 10.0. The largest absolute Gasteiger partial charge is 0.350 e. The average Bonchev–Trinajstić information content (AvgIpc) is 2.79. The molecule has 1 amide bonds. The van der Waals surface area contributed by atoms with E-state index >= 15 is 0 Å². The fourth-order valence-electron chi connectivity index (χ4n) is 4.06. The van der Waals surface area contributed by atoms with Gasteiger partial charge in [0.2, 0.25) is 0 Å². The molecule has 2 N–H and O–H groups in total. The second kappa shape index (κ2) is 9.55. The number of pyridine rings is 1. The fraction of sp³-hybridized carbons (Fsp3) is 0.280. The van der Waals surface area contributed by atoms with E-state index in [0.717, 1.165) is 31.5 Å². The highest BCUT2D eigenvalue weighted by Crippen LogP contribution is 2.19. The molecule has 0 radical (unpaired) electrons. The molecule has 0 saturated carbocycles. The van der Waals surface area contributed by atoms with Gasteiger partial charge in [0.1, 0.15) is 5.56 Å². The van der Waals surface area contributed by atoms with Gasteiger partial charge >= 0.3 is 0 Å². The van der Waals surface area contributed by atoms with Crippen LogP contribution >= 0.6 is 0 Å². The van der Waals surface area contributed by atoms with Crippen LogP contribution in [0.4, 0.5) is 0 Å². The molecule has 30 heavy (non-hydrogen) atoms. The summed E-state index contributed by atoms with van der Waals surface area (Å²) in [6.07, 6.45) is 3.40. The van der Waals surface area contributed by atoms with E-state index in [1.54, 1.807) is 12.1 Å². The molecule has 1 unspecified atom stereocenters. The van der Waals surface area contributed by atoms with Crippen molar-refractivity contribution in [1.29, 1.82) is 0 Å². The maximum Gasteiger partial charge on any atom is 0.261 e. The lowest BCUT2D eigenvalue weighted by Gasteiger charge is -2.35. The maximum atomic E-state index is 12.7. The molecule has 0 spiro atoms. The van der Waals surface area contributed by atoms with E-state index in [2.05, 4.69) is 39.5 Å². The van der Waals surface area contributed by atoms with Crippen LogP contribution in [0.3, 0.4) is 0 Å². The number of nitrogens with zero attached hydrogens (tertiary/aromatic N) is 1. The third kappa shape index (κ3) is 4.86. The number of hydrogen-bond acceptors (Lipinski definition) is 3. The first-order chi connectivity index (χ1) is 14.7. The first kappa shape index (κ1) is 20.1. The Bertz CT molecular complexity index is 1030. The van der Waals surface area contributed by atoms with Gasteiger partial charge in [0.15, 0.2) is 0 Å². The lowest BCUT2D eigenvalue weighted by molar-refractivity contribution is 0.0906. The minimum atomic E-state index is -0.362. The molecule has 1 saturated heterocycles. The van der Waals surface area contributed by atoms with Gasteiger partial charge in [-0.15, -0.1) is 0 Å². The summed E-state index contributed by atoms with van der Waals surface area (Å²) in [5, 5.41) is 2.98. The zero-order chi connectivity index (χ0) is 20.8. The summed E-state index contributed by atoms with van der Waals surface area (Å²) in [7, 11) is 0. The maximum absolute atomic E-state index is 12.7. The van der Waals surface area contributed by atoms with Crippen molar-refractivity contribution in [1.82, 2.24) is 15.2 Å². The SMILES string of the molecule is O=C(NCC1CCCCN1Cc1ccccc1)c1ccc(-c2ccccc2)[nH]c1=O. The summed E-state index contributed by atoms with van der Waals surface area (Å²) >= 11 is 0. The summed E-state index contributed by atoms with van der Waals surface area (Å²) in [6.45, 7) is 2.46. The Morgan fingerprint density at radius 1 is 0.967 bits per heavy atom. The highest BCUT2D eigenvalue weighted by molar-refractivity contribution is 5.94. The predicted molar refractivity (Wildman–Crippen MR) is 119 cm³/mol. The number of piperidine rings is 1. The number of aromatic amines is 1. The smallest absolute Gasteiger partial charge is 0.261 e. The van der Waals surface area contributed by atoms with Crippen LogP contribution in [0.1, 0.15) is 35.2 Å². The molecule has 3 aromatic rings. The molecule has 5 heteroatoms. The number of carbonyl (C=O) groups excluding carboxylic acids is 1. The summed E-state index contributed by atoms with van der Waals surface area (Å²) in [4.78, 5) is 30.4. The lowest BCUT2D eigenvalue weighted by Crippen LogP contribution is -2.46. The van der Waals surface area contributed by atoms with Crippen LogP contribution < -0.4 is 10.9 Å². The summed E-state index contributed by atoms with van der Waals surface area (Å²) < 4.78 is 0. The van der Waals surface area contributed by atoms with E-state index in [-0.39, 0.29) is 23.1 Å². The van der Waals surface area contributed by atoms with Gasteiger partial charge in [0.05, 0.1) is 0 Å². The predicted octanol–water partition coefficient (Wildman–Crippen LogP) is 3.83. The molecule has 2 heterocycles. The van der Waals surface area contributed by atoms with Gasteiger partial charge in [-0.3, -0.25) is 14.5 Å². The second-order valence-electron chi connectivity index (χ2n) is 7.80. The Balaban J connectivity index is 1.40. The Labute approximate surface area is 176 Å². The van der Waals surface area contributed by atoms with Gasteiger partial charge in [-0.1, -0.05) is 67.1 Å². The molecule has 2 aromatic carbocycles. The van der Waals surface area contributed by atoms with Gasteiger partial charge in [-0.2, -0.15) is 0 Å². The van der Waals surface area contributed by atoms with Crippen LogP contribution in [-0.4, -0.2) is 34.9 Å². The van der Waals surface area contributed by atoms with Crippen LogP contribution in [0.5, 0.6) is 0 Å². The van der Waals surface area contributed by atoms with Crippen molar-refractivity contribution >= 4 is 5.91 Å². The van der Waals surface area contributed by atoms with Crippen LogP contribution in [0.2, 0.25) is 0 Å². The number of likely N-dealkylation sites (tertiary alicyclic amines) is 1. The van der Waals surface area contributed by atoms with E-state index in [1.165, 1.54) is 12.0 Å². The molecular weight excluding hydrogens is 374 g/mol. The van der Waals surface area contributed by atoms with E-state index in [1.807, 2.05) is 36.4 Å². The Kier molecular flexibility index (Phi) is 6.40. The standard InChI is InChI=1S/C25H27N3O2/c29-24(22-14-15-23(27-25(22)30)20-11-5-2-6-12-20)26-17-21-13-7-8-16-28(21)18-19-9-3-1-4-10-19/h1-6,9-12,14-15,21H,7-8,13,16-18H2,(H,26,29)(H,27,30). The van der Waals surface area contributed by atoms with E-state index in [9.17, 15) is 9.59 Å². The minimum absolute atomic E-state index is 0.153. The molecule has 5 nitrogen and oxygen atoms in total. The first-order valence-corrected chi connectivity index (χ1v) is 10.6. The highest BCUT2D eigenvalue weighted by Gasteiger charge is 2.23. The van der Waals surface area contributed by atoms with Gasteiger partial charge in [-0.25, -0.2) is 0 Å². The van der Waals surface area contributed by atoms with Crippen LogP contribution in [0.15, 0.2) is 77.6 Å².